The van der Waals surface area contributed by atoms with Crippen molar-refractivity contribution < 1.29 is 31.9 Å². The summed E-state index contributed by atoms with van der Waals surface area (Å²) >= 11 is 0. The first-order valence-electron chi connectivity index (χ1n) is 15.8. The van der Waals surface area contributed by atoms with E-state index in [0.717, 1.165) is 12.1 Å². The number of nitrogens with zero attached hydrogens (tertiary/aromatic N) is 6. The maximum atomic E-state index is 14.4. The molecule has 0 fully saturated rings. The molecule has 1 N–H and O–H groups in total. The van der Waals surface area contributed by atoms with Gasteiger partial charge in [0, 0.05) is 37.2 Å². The topological polar surface area (TPSA) is 115 Å². The monoisotopic (exact) mass is 689 g/mol. The van der Waals surface area contributed by atoms with E-state index < -0.39 is 53.3 Å². The van der Waals surface area contributed by atoms with Crippen molar-refractivity contribution in [2.24, 2.45) is 0 Å². The summed E-state index contributed by atoms with van der Waals surface area (Å²) in [6.07, 6.45) is -4.40. The van der Waals surface area contributed by atoms with Crippen molar-refractivity contribution in [1.29, 1.82) is 5.26 Å². The first-order chi connectivity index (χ1) is 23.8. The van der Waals surface area contributed by atoms with Crippen LogP contribution in [0.5, 0.6) is 0 Å². The standard InChI is InChI=1S/C36H35F4N7O3/c1-5-46-33-29(31(43-47(33)26-12-7-6-8-13-26)34(49)45(4)27(21-41)18-19-44(2)3)28(22-14-16-25(37)17-15-22)30(35(46)50)42-32(48)23-10-9-11-24(20-23)36(38,39)40/h6-17,20,27-28,30H,5,18-19H2,1-4H3,(H,42,48)/t27-,28?,30?/m1/s1. The predicted octanol–water partition coefficient (Wildman–Crippen LogP) is 5.24. The van der Waals surface area contributed by atoms with Crippen LogP contribution in [0.15, 0.2) is 78.9 Å². The van der Waals surface area contributed by atoms with E-state index in [2.05, 4.69) is 11.4 Å². The van der Waals surface area contributed by atoms with Gasteiger partial charge in [0.25, 0.3) is 17.7 Å². The number of hydrogen-bond donors (Lipinski definition) is 1. The normalized spacial score (nSPS) is 16.5. The molecule has 5 rings (SSSR count). The second-order valence-electron chi connectivity index (χ2n) is 12.1. The Kier molecular flexibility index (Phi) is 10.4. The fourth-order valence-corrected chi connectivity index (χ4v) is 6.03. The van der Waals surface area contributed by atoms with Crippen molar-refractivity contribution in [3.8, 4) is 11.8 Å². The Morgan fingerprint density at radius 3 is 2.30 bits per heavy atom. The molecule has 2 unspecified atom stereocenters. The highest BCUT2D eigenvalue weighted by Gasteiger charge is 2.48. The van der Waals surface area contributed by atoms with Crippen LogP contribution in [-0.2, 0) is 11.0 Å². The lowest BCUT2D eigenvalue weighted by atomic mass is 9.80. The minimum atomic E-state index is -4.72. The first kappa shape index (κ1) is 35.7. The Morgan fingerprint density at radius 1 is 1.02 bits per heavy atom. The Hall–Kier alpha value is -5.55. The molecule has 1 aromatic heterocycles. The van der Waals surface area contributed by atoms with Gasteiger partial charge in [0.05, 0.1) is 17.3 Å². The summed E-state index contributed by atoms with van der Waals surface area (Å²) < 4.78 is 56.3. The van der Waals surface area contributed by atoms with Crippen LogP contribution < -0.4 is 10.2 Å². The van der Waals surface area contributed by atoms with Crippen LogP contribution in [0.2, 0.25) is 0 Å². The molecule has 0 bridgehead atoms. The number of rotatable bonds is 10. The average molecular weight is 690 g/mol. The van der Waals surface area contributed by atoms with Gasteiger partial charge in [-0.15, -0.1) is 0 Å². The van der Waals surface area contributed by atoms with Crippen LogP contribution >= 0.6 is 0 Å². The summed E-state index contributed by atoms with van der Waals surface area (Å²) in [7, 11) is 5.16. The fraction of sp³-hybridized carbons (Fsp3) is 0.306. The van der Waals surface area contributed by atoms with Gasteiger partial charge >= 0.3 is 6.18 Å². The molecule has 4 aromatic rings. The van der Waals surface area contributed by atoms with Crippen LogP contribution in [-0.4, -0.2) is 83.6 Å². The molecule has 0 radical (unpaired) electrons. The van der Waals surface area contributed by atoms with E-state index >= 15 is 0 Å². The number of carbonyl (C=O) groups is 3. The van der Waals surface area contributed by atoms with E-state index in [1.54, 1.807) is 37.3 Å². The van der Waals surface area contributed by atoms with Gasteiger partial charge in [-0.2, -0.15) is 23.5 Å². The van der Waals surface area contributed by atoms with Gasteiger partial charge in [-0.25, -0.2) is 9.07 Å². The van der Waals surface area contributed by atoms with Crippen LogP contribution in [0.3, 0.4) is 0 Å². The number of likely N-dealkylation sites (N-methyl/N-ethyl adjacent to an activating group) is 1. The lowest BCUT2D eigenvalue weighted by Gasteiger charge is -2.38. The van der Waals surface area contributed by atoms with E-state index in [4.69, 9.17) is 5.10 Å². The highest BCUT2D eigenvalue weighted by molar-refractivity contribution is 6.07. The number of benzene rings is 3. The quantitative estimate of drug-likeness (QED) is 0.228. The molecular formula is C36H35F4N7O3. The van der Waals surface area contributed by atoms with E-state index in [1.165, 1.54) is 51.9 Å². The van der Waals surface area contributed by atoms with Gasteiger partial charge in [0.15, 0.2) is 5.69 Å². The van der Waals surface area contributed by atoms with Crippen molar-refractivity contribution in [3.05, 3.63) is 113 Å². The van der Waals surface area contributed by atoms with Crippen molar-refractivity contribution in [1.82, 2.24) is 24.9 Å². The molecule has 3 atom stereocenters. The van der Waals surface area contributed by atoms with Crippen LogP contribution in [0.25, 0.3) is 5.69 Å². The molecule has 1 aliphatic rings. The third-order valence-corrected chi connectivity index (χ3v) is 8.60. The summed E-state index contributed by atoms with van der Waals surface area (Å²) in [4.78, 5) is 47.0. The van der Waals surface area contributed by atoms with Gasteiger partial charge in [-0.3, -0.25) is 19.3 Å². The number of aromatic nitrogens is 2. The molecule has 260 valence electrons. The SMILES string of the molecule is CCN1C(=O)C(NC(=O)c2cccc(C(F)(F)F)c2)C(c2ccc(F)cc2)c2c(C(=O)N(C)[C@@H](C#N)CCN(C)C)nn(-c3ccccc3)c21. The maximum absolute atomic E-state index is 14.4. The van der Waals surface area contributed by atoms with E-state index in [-0.39, 0.29) is 29.2 Å². The molecule has 3 aromatic carbocycles. The smallest absolute Gasteiger partial charge is 0.339 e. The zero-order valence-electron chi connectivity index (χ0n) is 27.8. The lowest BCUT2D eigenvalue weighted by molar-refractivity contribution is -0.137. The minimum absolute atomic E-state index is 0.0591. The summed E-state index contributed by atoms with van der Waals surface area (Å²) in [5, 5.41) is 17.4. The first-order valence-corrected chi connectivity index (χ1v) is 15.8. The van der Waals surface area contributed by atoms with Crippen molar-refractivity contribution in [2.75, 3.05) is 39.1 Å². The van der Waals surface area contributed by atoms with Crippen molar-refractivity contribution in [2.45, 2.75) is 37.5 Å². The summed E-state index contributed by atoms with van der Waals surface area (Å²) in [6.45, 7) is 2.25. The van der Waals surface area contributed by atoms with Gasteiger partial charge in [0.1, 0.15) is 23.7 Å². The predicted molar refractivity (Wildman–Crippen MR) is 177 cm³/mol. The maximum Gasteiger partial charge on any atom is 0.416 e. The molecule has 14 heteroatoms. The Balaban J connectivity index is 1.73. The number of amides is 3. The van der Waals surface area contributed by atoms with Crippen LogP contribution in [0.1, 0.15) is 56.8 Å². The molecule has 50 heavy (non-hydrogen) atoms. The fourth-order valence-electron chi connectivity index (χ4n) is 6.03. The zero-order valence-corrected chi connectivity index (χ0v) is 27.8. The van der Waals surface area contributed by atoms with Crippen LogP contribution in [0, 0.1) is 17.1 Å². The third kappa shape index (κ3) is 7.09. The van der Waals surface area contributed by atoms with Gasteiger partial charge in [-0.05, 0) is 75.5 Å². The minimum Gasteiger partial charge on any atom is -0.339 e. The highest BCUT2D eigenvalue weighted by atomic mass is 19.4. The average Bonchev–Trinajstić information content (AvgIpc) is 3.48. The highest BCUT2D eigenvalue weighted by Crippen LogP contribution is 2.44. The molecule has 0 saturated carbocycles. The number of alkyl halides is 3. The van der Waals surface area contributed by atoms with Crippen LogP contribution in [0.4, 0.5) is 23.4 Å². The molecule has 10 nitrogen and oxygen atoms in total. The van der Waals surface area contributed by atoms with Gasteiger partial charge in [-0.1, -0.05) is 36.4 Å². The second kappa shape index (κ2) is 14.5. The van der Waals surface area contributed by atoms with E-state index in [1.807, 2.05) is 19.0 Å². The van der Waals surface area contributed by atoms with Crippen molar-refractivity contribution >= 4 is 23.5 Å². The number of halogens is 4. The molecule has 3 amide bonds. The molecule has 0 aliphatic carbocycles. The second-order valence-corrected chi connectivity index (χ2v) is 12.1. The Bertz CT molecular complexity index is 1920. The molecular weight excluding hydrogens is 654 g/mol. The number of nitrogens with one attached hydrogen (secondary N) is 1. The number of para-hydroxylation sites is 1. The number of carbonyl (C=O) groups excluding carboxylic acids is 3. The zero-order chi connectivity index (χ0) is 36.3. The molecule has 2 heterocycles. The summed E-state index contributed by atoms with van der Waals surface area (Å²) in [5.41, 5.74) is -0.445. The lowest BCUT2D eigenvalue weighted by Crippen LogP contribution is -2.55. The third-order valence-electron chi connectivity index (χ3n) is 8.60. The molecule has 0 spiro atoms. The van der Waals surface area contributed by atoms with Gasteiger partial charge < -0.3 is 15.1 Å². The van der Waals surface area contributed by atoms with Crippen molar-refractivity contribution in [3.63, 3.8) is 0 Å². The molecule has 0 saturated heterocycles. The summed E-state index contributed by atoms with van der Waals surface area (Å²) in [5.74, 6) is -3.73. The van der Waals surface area contributed by atoms with E-state index in [9.17, 15) is 37.2 Å². The number of fused-ring (bicyclic) bond motifs is 1. The largest absolute Gasteiger partial charge is 0.416 e. The number of hydrogen-bond acceptors (Lipinski definition) is 6. The Labute approximate surface area is 286 Å². The van der Waals surface area contributed by atoms with Gasteiger partial charge in [0.2, 0.25) is 0 Å². The molecule has 1 aliphatic heterocycles. The number of nitriles is 1. The van der Waals surface area contributed by atoms with E-state index in [0.29, 0.717) is 30.3 Å². The Morgan fingerprint density at radius 2 is 1.70 bits per heavy atom. The number of anilines is 1. The summed E-state index contributed by atoms with van der Waals surface area (Å²) in [6, 6.07) is 17.6.